The molecule has 0 radical (unpaired) electrons. The van der Waals surface area contributed by atoms with Crippen molar-refractivity contribution in [1.82, 2.24) is 29.6 Å². The van der Waals surface area contributed by atoms with Gasteiger partial charge in [-0.1, -0.05) is 19.8 Å². The molecule has 5 rings (SSSR count). The number of pyridine rings is 1. The van der Waals surface area contributed by atoms with Gasteiger partial charge in [0.05, 0.1) is 17.9 Å². The maximum Gasteiger partial charge on any atom is 0.262 e. The number of aromatic amines is 1. The summed E-state index contributed by atoms with van der Waals surface area (Å²) in [5.74, 6) is 1.30. The van der Waals surface area contributed by atoms with Gasteiger partial charge in [-0.25, -0.2) is 9.67 Å². The van der Waals surface area contributed by atoms with Crippen molar-refractivity contribution in [3.63, 3.8) is 0 Å². The van der Waals surface area contributed by atoms with E-state index in [-0.39, 0.29) is 11.5 Å². The number of nitrogens with zero attached hydrogens (tertiary/aromatic N) is 5. The fourth-order valence-electron chi connectivity index (χ4n) is 5.26. The van der Waals surface area contributed by atoms with Crippen molar-refractivity contribution in [1.29, 1.82) is 0 Å². The quantitative estimate of drug-likeness (QED) is 0.638. The molecule has 0 spiro atoms. The molecule has 1 saturated heterocycles. The summed E-state index contributed by atoms with van der Waals surface area (Å²) in [4.78, 5) is 27.5. The Labute approximate surface area is 187 Å². The van der Waals surface area contributed by atoms with Gasteiger partial charge in [-0.15, -0.1) is 0 Å². The lowest BCUT2D eigenvalue weighted by Gasteiger charge is -2.19. The standard InChI is InChI=1S/C24H32N6O2/c1-15-12-29(13-16-8-9-25-20(10-16)24(2,3)32)14-19(15)21-27-22-18(23(31)28-21)11-26-30(22)17-6-4-5-7-17/h8-11,15,17,19,32H,4-7,12-14H2,1-3H3,(H,27,28,31)/t15-,19-/m1/s1. The highest BCUT2D eigenvalue weighted by atomic mass is 16.3. The fraction of sp³-hybridized carbons (Fsp3) is 0.583. The molecule has 8 heteroatoms. The van der Waals surface area contributed by atoms with Gasteiger partial charge in [0.15, 0.2) is 5.65 Å². The molecule has 0 aromatic carbocycles. The topological polar surface area (TPSA) is 99.9 Å². The third-order valence-corrected chi connectivity index (χ3v) is 7.05. The van der Waals surface area contributed by atoms with Crippen LogP contribution < -0.4 is 5.56 Å². The van der Waals surface area contributed by atoms with E-state index in [1.165, 1.54) is 12.8 Å². The first-order chi connectivity index (χ1) is 15.3. The van der Waals surface area contributed by atoms with E-state index in [4.69, 9.17) is 4.98 Å². The van der Waals surface area contributed by atoms with Gasteiger partial charge in [-0.3, -0.25) is 14.7 Å². The minimum Gasteiger partial charge on any atom is -0.384 e. The van der Waals surface area contributed by atoms with Crippen molar-refractivity contribution in [2.75, 3.05) is 13.1 Å². The van der Waals surface area contributed by atoms with Gasteiger partial charge < -0.3 is 10.1 Å². The van der Waals surface area contributed by atoms with Crippen molar-refractivity contribution in [3.8, 4) is 0 Å². The summed E-state index contributed by atoms with van der Waals surface area (Å²) in [5.41, 5.74) is 1.48. The number of fused-ring (bicyclic) bond motifs is 1. The van der Waals surface area contributed by atoms with Crippen LogP contribution in [0.25, 0.3) is 11.0 Å². The van der Waals surface area contributed by atoms with Crippen LogP contribution in [0.2, 0.25) is 0 Å². The van der Waals surface area contributed by atoms with E-state index in [0.29, 0.717) is 23.0 Å². The summed E-state index contributed by atoms with van der Waals surface area (Å²) in [6.07, 6.45) is 8.05. The highest BCUT2D eigenvalue weighted by Crippen LogP contribution is 2.33. The van der Waals surface area contributed by atoms with Gasteiger partial charge >= 0.3 is 0 Å². The highest BCUT2D eigenvalue weighted by molar-refractivity contribution is 5.73. The molecule has 32 heavy (non-hydrogen) atoms. The Kier molecular flexibility index (Phi) is 5.37. The second kappa shape index (κ2) is 8.08. The zero-order chi connectivity index (χ0) is 22.5. The smallest absolute Gasteiger partial charge is 0.262 e. The molecule has 1 saturated carbocycles. The Bertz CT molecular complexity index is 1170. The van der Waals surface area contributed by atoms with E-state index in [1.807, 2.05) is 16.8 Å². The molecule has 2 aliphatic rings. The molecule has 3 aromatic rings. The third kappa shape index (κ3) is 3.97. The first kappa shape index (κ1) is 21.3. The summed E-state index contributed by atoms with van der Waals surface area (Å²) in [6, 6.07) is 4.33. The molecule has 0 unspecified atom stereocenters. The molecule has 8 nitrogen and oxygen atoms in total. The first-order valence-corrected chi connectivity index (χ1v) is 11.7. The number of aromatic nitrogens is 5. The second-order valence-corrected chi connectivity index (χ2v) is 10.1. The summed E-state index contributed by atoms with van der Waals surface area (Å²) in [7, 11) is 0. The number of aliphatic hydroxyl groups is 1. The Morgan fingerprint density at radius 1 is 1.25 bits per heavy atom. The molecular formula is C24H32N6O2. The summed E-state index contributed by atoms with van der Waals surface area (Å²) in [6.45, 7) is 8.25. The van der Waals surface area contributed by atoms with Crippen LogP contribution >= 0.6 is 0 Å². The van der Waals surface area contributed by atoms with E-state index >= 15 is 0 Å². The predicted molar refractivity (Wildman–Crippen MR) is 122 cm³/mol. The molecule has 0 bridgehead atoms. The average molecular weight is 437 g/mol. The molecular weight excluding hydrogens is 404 g/mol. The third-order valence-electron chi connectivity index (χ3n) is 7.05. The minimum absolute atomic E-state index is 0.0937. The number of hydrogen-bond acceptors (Lipinski definition) is 6. The lowest BCUT2D eigenvalue weighted by Crippen LogP contribution is -2.23. The molecule has 170 valence electrons. The Hall–Kier alpha value is -2.58. The van der Waals surface area contributed by atoms with Crippen LogP contribution in [0.4, 0.5) is 0 Å². The number of nitrogens with one attached hydrogen (secondary N) is 1. The van der Waals surface area contributed by atoms with Gasteiger partial charge in [0, 0.05) is 31.7 Å². The van der Waals surface area contributed by atoms with E-state index in [1.54, 1.807) is 26.2 Å². The van der Waals surface area contributed by atoms with Gasteiger partial charge in [-0.05, 0) is 50.3 Å². The second-order valence-electron chi connectivity index (χ2n) is 10.1. The van der Waals surface area contributed by atoms with Crippen molar-refractivity contribution in [3.05, 3.63) is 52.0 Å². The molecule has 4 heterocycles. The van der Waals surface area contributed by atoms with Crippen molar-refractivity contribution in [2.45, 2.75) is 70.6 Å². The van der Waals surface area contributed by atoms with Crippen molar-refractivity contribution in [2.24, 2.45) is 5.92 Å². The highest BCUT2D eigenvalue weighted by Gasteiger charge is 2.33. The molecule has 2 atom stereocenters. The summed E-state index contributed by atoms with van der Waals surface area (Å²) >= 11 is 0. The zero-order valence-electron chi connectivity index (χ0n) is 19.1. The van der Waals surface area contributed by atoms with Gasteiger partial charge in [0.1, 0.15) is 16.8 Å². The van der Waals surface area contributed by atoms with E-state index < -0.39 is 5.60 Å². The van der Waals surface area contributed by atoms with Crippen molar-refractivity contribution >= 4 is 11.0 Å². The van der Waals surface area contributed by atoms with Crippen LogP contribution in [0.3, 0.4) is 0 Å². The number of rotatable bonds is 5. The van der Waals surface area contributed by atoms with Crippen molar-refractivity contribution < 1.29 is 5.11 Å². The average Bonchev–Trinajstić information content (AvgIpc) is 3.47. The maximum absolute atomic E-state index is 12.8. The fourth-order valence-corrected chi connectivity index (χ4v) is 5.26. The zero-order valence-corrected chi connectivity index (χ0v) is 19.1. The lowest BCUT2D eigenvalue weighted by atomic mass is 9.97. The predicted octanol–water partition coefficient (Wildman–Crippen LogP) is 3.09. The van der Waals surface area contributed by atoms with E-state index in [0.717, 1.165) is 49.5 Å². The van der Waals surface area contributed by atoms with Gasteiger partial charge in [0.25, 0.3) is 5.56 Å². The Balaban J connectivity index is 1.39. The first-order valence-electron chi connectivity index (χ1n) is 11.7. The van der Waals surface area contributed by atoms with Crippen LogP contribution in [-0.4, -0.2) is 47.8 Å². The summed E-state index contributed by atoms with van der Waals surface area (Å²) < 4.78 is 1.98. The van der Waals surface area contributed by atoms with Gasteiger partial charge in [-0.2, -0.15) is 5.10 Å². The SMILES string of the molecule is C[C@@H]1CN(Cc2ccnc(C(C)(C)O)c2)C[C@H]1c1nc2c(cnn2C2CCCC2)c(=O)[nH]1. The van der Waals surface area contributed by atoms with Crippen LogP contribution in [0.5, 0.6) is 0 Å². The summed E-state index contributed by atoms with van der Waals surface area (Å²) in [5, 5.41) is 15.4. The molecule has 0 amide bonds. The largest absolute Gasteiger partial charge is 0.384 e. The van der Waals surface area contributed by atoms with Crippen LogP contribution in [-0.2, 0) is 12.1 Å². The molecule has 1 aliphatic heterocycles. The normalized spacial score (nSPS) is 22.9. The number of likely N-dealkylation sites (tertiary alicyclic amines) is 1. The Morgan fingerprint density at radius 3 is 2.78 bits per heavy atom. The molecule has 3 aromatic heterocycles. The van der Waals surface area contributed by atoms with Crippen LogP contribution in [0.15, 0.2) is 29.3 Å². The van der Waals surface area contributed by atoms with E-state index in [2.05, 4.69) is 26.9 Å². The number of hydrogen-bond donors (Lipinski definition) is 2. The molecule has 1 aliphatic carbocycles. The number of H-pyrrole nitrogens is 1. The lowest BCUT2D eigenvalue weighted by molar-refractivity contribution is 0.0737. The van der Waals surface area contributed by atoms with E-state index in [9.17, 15) is 9.90 Å². The molecule has 2 fully saturated rings. The van der Waals surface area contributed by atoms with Gasteiger partial charge in [0.2, 0.25) is 0 Å². The monoisotopic (exact) mass is 436 g/mol. The minimum atomic E-state index is -0.960. The maximum atomic E-state index is 12.8. The van der Waals surface area contributed by atoms with Crippen LogP contribution in [0.1, 0.15) is 75.5 Å². The Morgan fingerprint density at radius 2 is 2.03 bits per heavy atom. The van der Waals surface area contributed by atoms with Crippen LogP contribution in [0, 0.1) is 5.92 Å². The molecule has 2 N–H and O–H groups in total.